The van der Waals surface area contributed by atoms with Crippen molar-refractivity contribution in [1.29, 1.82) is 0 Å². The highest BCUT2D eigenvalue weighted by Gasteiger charge is 2.25. The SMILES string of the molecule is C[C@H](N(C)CC(=O)NC(N)=O)C(C)(C)C. The van der Waals surface area contributed by atoms with Gasteiger partial charge in [0, 0.05) is 6.04 Å². The summed E-state index contributed by atoms with van der Waals surface area (Å²) in [6.45, 7) is 8.50. The van der Waals surface area contributed by atoms with Gasteiger partial charge in [-0.2, -0.15) is 0 Å². The molecule has 0 aliphatic carbocycles. The van der Waals surface area contributed by atoms with Crippen molar-refractivity contribution >= 4 is 11.9 Å². The van der Waals surface area contributed by atoms with E-state index >= 15 is 0 Å². The topological polar surface area (TPSA) is 75.4 Å². The van der Waals surface area contributed by atoms with Crippen molar-refractivity contribution in [3.05, 3.63) is 0 Å². The van der Waals surface area contributed by atoms with Crippen molar-refractivity contribution in [2.24, 2.45) is 11.1 Å². The molecule has 0 fully saturated rings. The summed E-state index contributed by atoms with van der Waals surface area (Å²) in [5.74, 6) is -0.374. The highest BCUT2D eigenvalue weighted by atomic mass is 16.2. The fourth-order valence-corrected chi connectivity index (χ4v) is 1.20. The summed E-state index contributed by atoms with van der Waals surface area (Å²) in [5, 5.41) is 2.04. The minimum Gasteiger partial charge on any atom is -0.351 e. The highest BCUT2D eigenvalue weighted by molar-refractivity contribution is 5.94. The fraction of sp³-hybridized carbons (Fsp3) is 0.800. The molecule has 0 rings (SSSR count). The Morgan fingerprint density at radius 2 is 1.87 bits per heavy atom. The number of primary amides is 1. The van der Waals surface area contributed by atoms with Gasteiger partial charge in [-0.25, -0.2) is 4.79 Å². The molecule has 0 spiro atoms. The standard InChI is InChI=1S/C10H21N3O2/c1-7(10(2,3)4)13(5)6-8(14)12-9(11)15/h7H,6H2,1-5H3,(H3,11,12,14,15)/t7-/m0/s1. The largest absolute Gasteiger partial charge is 0.351 e. The summed E-state index contributed by atoms with van der Waals surface area (Å²) < 4.78 is 0. The third-order valence-electron chi connectivity index (χ3n) is 2.57. The van der Waals surface area contributed by atoms with Gasteiger partial charge in [-0.15, -0.1) is 0 Å². The number of amides is 3. The van der Waals surface area contributed by atoms with Gasteiger partial charge in [0.05, 0.1) is 6.54 Å². The van der Waals surface area contributed by atoms with E-state index in [4.69, 9.17) is 5.73 Å². The first-order valence-electron chi connectivity index (χ1n) is 4.94. The van der Waals surface area contributed by atoms with Crippen molar-refractivity contribution in [2.75, 3.05) is 13.6 Å². The zero-order chi connectivity index (χ0) is 12.2. The third-order valence-corrected chi connectivity index (χ3v) is 2.57. The monoisotopic (exact) mass is 215 g/mol. The molecule has 88 valence electrons. The van der Waals surface area contributed by atoms with Gasteiger partial charge >= 0.3 is 6.03 Å². The molecule has 0 saturated carbocycles. The molecular formula is C10H21N3O2. The number of nitrogens with two attached hydrogens (primary N) is 1. The molecule has 0 saturated heterocycles. The smallest absolute Gasteiger partial charge is 0.318 e. The molecule has 0 aromatic rings. The van der Waals surface area contributed by atoms with E-state index < -0.39 is 6.03 Å². The number of likely N-dealkylation sites (N-methyl/N-ethyl adjacent to an activating group) is 1. The molecule has 0 heterocycles. The van der Waals surface area contributed by atoms with E-state index in [1.165, 1.54) is 0 Å². The van der Waals surface area contributed by atoms with Crippen LogP contribution in [0.15, 0.2) is 0 Å². The maximum absolute atomic E-state index is 11.2. The van der Waals surface area contributed by atoms with E-state index in [0.29, 0.717) is 0 Å². The molecule has 3 N–H and O–H groups in total. The first-order chi connectivity index (χ1) is 6.64. The lowest BCUT2D eigenvalue weighted by molar-refractivity contribution is -0.121. The van der Waals surface area contributed by atoms with Crippen LogP contribution in [0, 0.1) is 5.41 Å². The Bertz CT molecular complexity index is 246. The van der Waals surface area contributed by atoms with Crippen LogP contribution in [0.1, 0.15) is 27.7 Å². The second kappa shape index (κ2) is 5.11. The van der Waals surface area contributed by atoms with Crippen LogP contribution < -0.4 is 11.1 Å². The number of rotatable bonds is 3. The van der Waals surface area contributed by atoms with E-state index in [2.05, 4.69) is 20.8 Å². The fourth-order valence-electron chi connectivity index (χ4n) is 1.20. The van der Waals surface area contributed by atoms with Gasteiger partial charge < -0.3 is 5.73 Å². The zero-order valence-corrected chi connectivity index (χ0v) is 10.1. The Morgan fingerprint density at radius 3 is 2.20 bits per heavy atom. The zero-order valence-electron chi connectivity index (χ0n) is 10.1. The number of imide groups is 1. The number of urea groups is 1. The molecule has 0 aromatic heterocycles. The minimum atomic E-state index is -0.809. The van der Waals surface area contributed by atoms with E-state index in [1.807, 2.05) is 24.2 Å². The molecular weight excluding hydrogens is 194 g/mol. The number of hydrogen-bond acceptors (Lipinski definition) is 3. The van der Waals surface area contributed by atoms with Crippen LogP contribution >= 0.6 is 0 Å². The van der Waals surface area contributed by atoms with Crippen LogP contribution in [0.25, 0.3) is 0 Å². The molecule has 0 aromatic carbocycles. The van der Waals surface area contributed by atoms with E-state index in [0.717, 1.165) is 0 Å². The summed E-state index contributed by atoms with van der Waals surface area (Å²) in [4.78, 5) is 23.6. The summed E-state index contributed by atoms with van der Waals surface area (Å²) in [5.41, 5.74) is 4.93. The third kappa shape index (κ3) is 5.37. The maximum Gasteiger partial charge on any atom is 0.318 e. The van der Waals surface area contributed by atoms with Crippen LogP contribution in [0.2, 0.25) is 0 Å². The first-order valence-corrected chi connectivity index (χ1v) is 4.94. The lowest BCUT2D eigenvalue weighted by Gasteiger charge is -2.34. The normalized spacial score (nSPS) is 13.7. The van der Waals surface area contributed by atoms with Gasteiger partial charge in [0.2, 0.25) is 5.91 Å². The molecule has 15 heavy (non-hydrogen) atoms. The molecule has 1 atom stereocenters. The number of carbonyl (C=O) groups excluding carboxylic acids is 2. The van der Waals surface area contributed by atoms with E-state index in [1.54, 1.807) is 0 Å². The predicted molar refractivity (Wildman–Crippen MR) is 59.3 cm³/mol. The number of nitrogens with one attached hydrogen (secondary N) is 1. The first kappa shape index (κ1) is 13.9. The molecule has 5 heteroatoms. The molecule has 0 unspecified atom stereocenters. The average molecular weight is 215 g/mol. The lowest BCUT2D eigenvalue weighted by Crippen LogP contribution is -2.46. The minimum absolute atomic E-state index is 0.0851. The van der Waals surface area contributed by atoms with E-state index in [-0.39, 0.29) is 23.9 Å². The Kier molecular flexibility index (Phi) is 4.74. The molecule has 0 aliphatic heterocycles. The van der Waals surface area contributed by atoms with Crippen LogP contribution in [-0.2, 0) is 4.79 Å². The molecule has 5 nitrogen and oxygen atoms in total. The molecule has 0 bridgehead atoms. The lowest BCUT2D eigenvalue weighted by atomic mass is 9.87. The van der Waals surface area contributed by atoms with Gasteiger partial charge in [-0.1, -0.05) is 20.8 Å². The Balaban J connectivity index is 4.19. The highest BCUT2D eigenvalue weighted by Crippen LogP contribution is 2.22. The molecule has 3 amide bonds. The quantitative estimate of drug-likeness (QED) is 0.721. The van der Waals surface area contributed by atoms with Crippen LogP contribution in [0.5, 0.6) is 0 Å². The van der Waals surface area contributed by atoms with Crippen LogP contribution in [0.3, 0.4) is 0 Å². The van der Waals surface area contributed by atoms with E-state index in [9.17, 15) is 9.59 Å². The van der Waals surface area contributed by atoms with Gasteiger partial charge in [0.1, 0.15) is 0 Å². The number of hydrogen-bond donors (Lipinski definition) is 2. The summed E-state index contributed by atoms with van der Waals surface area (Å²) in [6.07, 6.45) is 0. The second-order valence-corrected chi connectivity index (χ2v) is 4.87. The summed E-state index contributed by atoms with van der Waals surface area (Å²) in [6, 6.07) is -0.576. The number of nitrogens with zero attached hydrogens (tertiary/aromatic N) is 1. The average Bonchev–Trinajstić information content (AvgIpc) is 1.99. The van der Waals surface area contributed by atoms with Crippen molar-refractivity contribution in [3.8, 4) is 0 Å². The maximum atomic E-state index is 11.2. The molecule has 0 aliphatic rings. The van der Waals surface area contributed by atoms with Crippen molar-refractivity contribution in [2.45, 2.75) is 33.7 Å². The van der Waals surface area contributed by atoms with Crippen molar-refractivity contribution < 1.29 is 9.59 Å². The Labute approximate surface area is 91.0 Å². The Hall–Kier alpha value is -1.10. The van der Waals surface area contributed by atoms with Crippen LogP contribution in [-0.4, -0.2) is 36.5 Å². The van der Waals surface area contributed by atoms with Gasteiger partial charge in [-0.3, -0.25) is 15.0 Å². The predicted octanol–water partition coefficient (Wildman–Crippen LogP) is 0.548. The van der Waals surface area contributed by atoms with Crippen molar-refractivity contribution in [1.82, 2.24) is 10.2 Å². The molecule has 0 radical (unpaired) electrons. The second-order valence-electron chi connectivity index (χ2n) is 4.87. The van der Waals surface area contributed by atoms with Gasteiger partial charge in [-0.05, 0) is 19.4 Å². The van der Waals surface area contributed by atoms with Crippen LogP contribution in [0.4, 0.5) is 4.79 Å². The van der Waals surface area contributed by atoms with Gasteiger partial charge in [0.15, 0.2) is 0 Å². The summed E-state index contributed by atoms with van der Waals surface area (Å²) >= 11 is 0. The van der Waals surface area contributed by atoms with Crippen molar-refractivity contribution in [3.63, 3.8) is 0 Å². The number of carbonyl (C=O) groups is 2. The summed E-state index contributed by atoms with van der Waals surface area (Å²) in [7, 11) is 1.84. The Morgan fingerprint density at radius 1 is 1.40 bits per heavy atom. The van der Waals surface area contributed by atoms with Gasteiger partial charge in [0.25, 0.3) is 0 Å².